The van der Waals surface area contributed by atoms with E-state index in [4.69, 9.17) is 9.84 Å². The molecule has 1 aliphatic heterocycles. The van der Waals surface area contributed by atoms with Crippen LogP contribution in [0.5, 0.6) is 0 Å². The van der Waals surface area contributed by atoms with Crippen LogP contribution in [-0.2, 0) is 9.53 Å². The lowest BCUT2D eigenvalue weighted by atomic mass is 10.1. The summed E-state index contributed by atoms with van der Waals surface area (Å²) in [5.74, 6) is 0.00841. The molecular formula is C15H30N2O3. The zero-order valence-corrected chi connectivity index (χ0v) is 12.8. The Morgan fingerprint density at radius 1 is 1.25 bits per heavy atom. The van der Waals surface area contributed by atoms with Gasteiger partial charge in [0.15, 0.2) is 0 Å². The molecule has 0 radical (unpaired) electrons. The third-order valence-corrected chi connectivity index (χ3v) is 3.73. The highest BCUT2D eigenvalue weighted by atomic mass is 16.5. The summed E-state index contributed by atoms with van der Waals surface area (Å²) >= 11 is 0. The fourth-order valence-corrected chi connectivity index (χ4v) is 2.45. The Morgan fingerprint density at radius 2 is 2.00 bits per heavy atom. The van der Waals surface area contributed by atoms with Gasteiger partial charge in [0.25, 0.3) is 0 Å². The predicted octanol–water partition coefficient (Wildman–Crippen LogP) is 1.16. The van der Waals surface area contributed by atoms with Gasteiger partial charge in [-0.05, 0) is 32.4 Å². The third kappa shape index (κ3) is 7.22. The van der Waals surface area contributed by atoms with Crippen molar-refractivity contribution in [1.82, 2.24) is 10.2 Å². The quantitative estimate of drug-likeness (QED) is 0.592. The van der Waals surface area contributed by atoms with Crippen LogP contribution in [0.1, 0.15) is 45.4 Å². The van der Waals surface area contributed by atoms with E-state index in [2.05, 4.69) is 12.2 Å². The van der Waals surface area contributed by atoms with E-state index >= 15 is 0 Å². The molecule has 0 aliphatic carbocycles. The summed E-state index contributed by atoms with van der Waals surface area (Å²) < 4.78 is 5.69. The van der Waals surface area contributed by atoms with E-state index < -0.39 is 0 Å². The number of unbranched alkanes of at least 4 members (excludes halogenated alkanes) is 3. The molecule has 0 aromatic heterocycles. The molecule has 1 rings (SSSR count). The number of amides is 1. The number of nitrogens with one attached hydrogen (secondary N) is 1. The lowest BCUT2D eigenvalue weighted by Crippen LogP contribution is -2.39. The Labute approximate surface area is 122 Å². The summed E-state index contributed by atoms with van der Waals surface area (Å²) in [6, 6.07) is 0. The van der Waals surface area contributed by atoms with Gasteiger partial charge < -0.3 is 20.1 Å². The molecule has 5 nitrogen and oxygen atoms in total. The molecule has 0 aromatic carbocycles. The normalized spacial score (nSPS) is 16.3. The first kappa shape index (κ1) is 17.4. The number of ether oxygens (including phenoxy) is 1. The zero-order valence-electron chi connectivity index (χ0n) is 12.8. The number of nitrogens with zero attached hydrogens (tertiary/aromatic N) is 1. The molecule has 1 amide bonds. The van der Waals surface area contributed by atoms with Gasteiger partial charge >= 0.3 is 0 Å². The van der Waals surface area contributed by atoms with Crippen molar-refractivity contribution in [2.45, 2.75) is 51.6 Å². The highest BCUT2D eigenvalue weighted by Crippen LogP contribution is 2.08. The molecule has 1 fully saturated rings. The molecule has 5 heteroatoms. The maximum atomic E-state index is 12.1. The van der Waals surface area contributed by atoms with E-state index in [9.17, 15) is 4.79 Å². The molecule has 0 unspecified atom stereocenters. The molecule has 20 heavy (non-hydrogen) atoms. The van der Waals surface area contributed by atoms with Crippen LogP contribution < -0.4 is 5.32 Å². The standard InChI is InChI=1S/C15H30N2O3/c1-2-3-4-5-10-17(11-12-18)15(19)13-20-14-6-8-16-9-7-14/h14,16,18H,2-13H2,1H3. The Kier molecular flexibility index (Phi) is 9.62. The first-order chi connectivity index (χ1) is 9.77. The van der Waals surface area contributed by atoms with Crippen molar-refractivity contribution in [2.75, 3.05) is 39.4 Å². The summed E-state index contributed by atoms with van der Waals surface area (Å²) in [6.07, 6.45) is 6.69. The van der Waals surface area contributed by atoms with Crippen molar-refractivity contribution < 1.29 is 14.6 Å². The van der Waals surface area contributed by atoms with Crippen LogP contribution in [0.2, 0.25) is 0 Å². The van der Waals surface area contributed by atoms with Gasteiger partial charge in [0.2, 0.25) is 5.91 Å². The highest BCUT2D eigenvalue weighted by Gasteiger charge is 2.17. The molecular weight excluding hydrogens is 256 g/mol. The number of aliphatic hydroxyl groups excluding tert-OH is 1. The third-order valence-electron chi connectivity index (χ3n) is 3.73. The van der Waals surface area contributed by atoms with E-state index in [1.807, 2.05) is 0 Å². The maximum Gasteiger partial charge on any atom is 0.248 e. The minimum atomic E-state index is 0.00841. The van der Waals surface area contributed by atoms with Crippen LogP contribution in [0.3, 0.4) is 0 Å². The van der Waals surface area contributed by atoms with Crippen LogP contribution in [0.15, 0.2) is 0 Å². The minimum Gasteiger partial charge on any atom is -0.395 e. The van der Waals surface area contributed by atoms with Gasteiger partial charge in [-0.25, -0.2) is 0 Å². The van der Waals surface area contributed by atoms with Crippen molar-refractivity contribution in [3.05, 3.63) is 0 Å². The monoisotopic (exact) mass is 286 g/mol. The number of rotatable bonds is 10. The molecule has 0 spiro atoms. The van der Waals surface area contributed by atoms with Gasteiger partial charge in [0, 0.05) is 13.1 Å². The van der Waals surface area contributed by atoms with Crippen molar-refractivity contribution in [3.8, 4) is 0 Å². The Bertz CT molecular complexity index is 256. The van der Waals surface area contributed by atoms with Crippen LogP contribution in [0.4, 0.5) is 0 Å². The van der Waals surface area contributed by atoms with Gasteiger partial charge in [-0.2, -0.15) is 0 Å². The number of hydrogen-bond acceptors (Lipinski definition) is 4. The predicted molar refractivity (Wildman–Crippen MR) is 79.7 cm³/mol. The first-order valence-corrected chi connectivity index (χ1v) is 7.99. The second kappa shape index (κ2) is 11.1. The fraction of sp³-hybridized carbons (Fsp3) is 0.933. The van der Waals surface area contributed by atoms with E-state index in [1.54, 1.807) is 4.90 Å². The van der Waals surface area contributed by atoms with Crippen molar-refractivity contribution in [3.63, 3.8) is 0 Å². The molecule has 1 aliphatic rings. The maximum absolute atomic E-state index is 12.1. The zero-order chi connectivity index (χ0) is 14.6. The molecule has 0 atom stereocenters. The first-order valence-electron chi connectivity index (χ1n) is 7.99. The summed E-state index contributed by atoms with van der Waals surface area (Å²) in [7, 11) is 0. The van der Waals surface area contributed by atoms with Crippen LogP contribution in [0, 0.1) is 0 Å². The highest BCUT2D eigenvalue weighted by molar-refractivity contribution is 5.77. The summed E-state index contributed by atoms with van der Waals surface area (Å²) in [5.41, 5.74) is 0. The number of carbonyl (C=O) groups is 1. The van der Waals surface area contributed by atoms with Gasteiger partial charge in [-0.15, -0.1) is 0 Å². The van der Waals surface area contributed by atoms with Gasteiger partial charge in [0.05, 0.1) is 12.7 Å². The van der Waals surface area contributed by atoms with E-state index in [1.165, 1.54) is 12.8 Å². The van der Waals surface area contributed by atoms with Crippen LogP contribution in [0.25, 0.3) is 0 Å². The van der Waals surface area contributed by atoms with Crippen molar-refractivity contribution in [2.24, 2.45) is 0 Å². The van der Waals surface area contributed by atoms with Gasteiger partial charge in [0.1, 0.15) is 6.61 Å². The lowest BCUT2D eigenvalue weighted by molar-refractivity contribution is -0.139. The average Bonchev–Trinajstić information content (AvgIpc) is 2.49. The van der Waals surface area contributed by atoms with E-state index in [-0.39, 0.29) is 25.2 Å². The molecule has 1 saturated heterocycles. The Balaban J connectivity index is 2.23. The second-order valence-electron chi connectivity index (χ2n) is 5.43. The average molecular weight is 286 g/mol. The fourth-order valence-electron chi connectivity index (χ4n) is 2.45. The van der Waals surface area contributed by atoms with E-state index in [0.29, 0.717) is 6.54 Å². The molecule has 118 valence electrons. The van der Waals surface area contributed by atoms with Gasteiger partial charge in [-0.3, -0.25) is 4.79 Å². The number of aliphatic hydroxyl groups is 1. The summed E-state index contributed by atoms with van der Waals surface area (Å²) in [6.45, 7) is 5.43. The number of hydrogen-bond donors (Lipinski definition) is 2. The smallest absolute Gasteiger partial charge is 0.248 e. The van der Waals surface area contributed by atoms with Gasteiger partial charge in [-0.1, -0.05) is 26.2 Å². The molecule has 0 saturated carbocycles. The molecule has 0 bridgehead atoms. The largest absolute Gasteiger partial charge is 0.395 e. The number of carbonyl (C=O) groups excluding carboxylic acids is 1. The molecule has 1 heterocycles. The summed E-state index contributed by atoms with van der Waals surface area (Å²) in [5, 5.41) is 12.3. The minimum absolute atomic E-state index is 0.00841. The Hall–Kier alpha value is -0.650. The van der Waals surface area contributed by atoms with Crippen LogP contribution >= 0.6 is 0 Å². The lowest BCUT2D eigenvalue weighted by Gasteiger charge is -2.25. The number of piperidine rings is 1. The molecule has 0 aromatic rings. The Morgan fingerprint density at radius 3 is 2.65 bits per heavy atom. The second-order valence-corrected chi connectivity index (χ2v) is 5.43. The van der Waals surface area contributed by atoms with E-state index in [0.717, 1.165) is 45.3 Å². The van der Waals surface area contributed by atoms with Crippen LogP contribution in [-0.4, -0.2) is 61.4 Å². The SMILES string of the molecule is CCCCCCN(CCO)C(=O)COC1CCNCC1. The molecule has 2 N–H and O–H groups in total. The topological polar surface area (TPSA) is 61.8 Å². The van der Waals surface area contributed by atoms with Crippen molar-refractivity contribution in [1.29, 1.82) is 0 Å². The summed E-state index contributed by atoms with van der Waals surface area (Å²) in [4.78, 5) is 13.8. The van der Waals surface area contributed by atoms with Crippen molar-refractivity contribution >= 4 is 5.91 Å².